The van der Waals surface area contributed by atoms with Gasteiger partial charge in [-0.2, -0.15) is 0 Å². The molecular formula is C16H21NO3S. The van der Waals surface area contributed by atoms with E-state index in [1.807, 2.05) is 16.3 Å². The van der Waals surface area contributed by atoms with Gasteiger partial charge in [-0.15, -0.1) is 11.3 Å². The van der Waals surface area contributed by atoms with Crippen molar-refractivity contribution in [1.29, 1.82) is 0 Å². The number of carboxylic acid groups (broad SMARTS) is 1. The molecular weight excluding hydrogens is 286 g/mol. The smallest absolute Gasteiger partial charge is 0.328 e. The Hall–Kier alpha value is -1.62. The monoisotopic (exact) mass is 307 g/mol. The molecule has 1 atom stereocenters. The Kier molecular flexibility index (Phi) is 4.52. The quantitative estimate of drug-likeness (QED) is 0.869. The van der Waals surface area contributed by atoms with E-state index in [0.717, 1.165) is 23.1 Å². The van der Waals surface area contributed by atoms with Gasteiger partial charge < -0.3 is 10.0 Å². The maximum atomic E-state index is 12.2. The summed E-state index contributed by atoms with van der Waals surface area (Å²) in [7, 11) is 0. The van der Waals surface area contributed by atoms with Gasteiger partial charge in [-0.1, -0.05) is 20.8 Å². The Morgan fingerprint density at radius 1 is 1.52 bits per heavy atom. The number of carbonyl (C=O) groups is 2. The molecule has 1 saturated heterocycles. The lowest BCUT2D eigenvalue weighted by Gasteiger charge is -2.26. The molecule has 114 valence electrons. The summed E-state index contributed by atoms with van der Waals surface area (Å²) < 4.78 is 0. The lowest BCUT2D eigenvalue weighted by Crippen LogP contribution is -2.27. The number of carboxylic acids is 1. The number of aliphatic carboxylic acids is 1. The molecule has 2 heterocycles. The summed E-state index contributed by atoms with van der Waals surface area (Å²) >= 11 is 1.56. The van der Waals surface area contributed by atoms with Crippen molar-refractivity contribution < 1.29 is 14.7 Å². The van der Waals surface area contributed by atoms with Gasteiger partial charge >= 0.3 is 5.97 Å². The second kappa shape index (κ2) is 6.02. The first kappa shape index (κ1) is 15.8. The molecule has 1 aliphatic heterocycles. The van der Waals surface area contributed by atoms with E-state index in [2.05, 4.69) is 20.8 Å². The zero-order chi connectivity index (χ0) is 15.6. The number of amides is 1. The summed E-state index contributed by atoms with van der Waals surface area (Å²) in [5.41, 5.74) is 1.01. The van der Waals surface area contributed by atoms with Crippen molar-refractivity contribution in [2.24, 2.45) is 11.3 Å². The summed E-state index contributed by atoms with van der Waals surface area (Å²) in [4.78, 5) is 25.7. The maximum Gasteiger partial charge on any atom is 0.328 e. The van der Waals surface area contributed by atoms with Crippen LogP contribution in [0, 0.1) is 11.3 Å². The molecule has 0 bridgehead atoms. The molecule has 1 amide bonds. The first-order valence-electron chi connectivity index (χ1n) is 7.02. The fourth-order valence-electron chi connectivity index (χ4n) is 2.47. The lowest BCUT2D eigenvalue weighted by molar-refractivity contribution is -0.131. The van der Waals surface area contributed by atoms with Gasteiger partial charge in [0.05, 0.1) is 6.54 Å². The van der Waals surface area contributed by atoms with Crippen LogP contribution in [-0.2, 0) is 16.1 Å². The minimum absolute atomic E-state index is 0.131. The highest BCUT2D eigenvalue weighted by molar-refractivity contribution is 7.10. The van der Waals surface area contributed by atoms with E-state index < -0.39 is 5.97 Å². The molecule has 1 fully saturated rings. The molecule has 1 aliphatic rings. The average molecular weight is 307 g/mol. The number of carbonyl (C=O) groups excluding carboxylic acids is 1. The van der Waals surface area contributed by atoms with Gasteiger partial charge in [0.2, 0.25) is 5.91 Å². The predicted molar refractivity (Wildman–Crippen MR) is 84.0 cm³/mol. The van der Waals surface area contributed by atoms with Crippen LogP contribution in [0.3, 0.4) is 0 Å². The van der Waals surface area contributed by atoms with Crippen LogP contribution in [0.4, 0.5) is 0 Å². The standard InChI is InChI=1S/C16H21NO3S/c1-16(2,3)12-8-14(18)17(9-12)10-13-11(6-7-21-13)4-5-15(19)20/h4-7,12H,8-10H2,1-3H3,(H,19,20)/b5-4+. The molecule has 0 aromatic carbocycles. The number of rotatable bonds is 4. The molecule has 0 saturated carbocycles. The summed E-state index contributed by atoms with van der Waals surface area (Å²) in [5.74, 6) is -0.392. The van der Waals surface area contributed by atoms with Crippen LogP contribution in [0.25, 0.3) is 6.08 Å². The number of nitrogens with zero attached hydrogens (tertiary/aromatic N) is 1. The lowest BCUT2D eigenvalue weighted by atomic mass is 9.80. The minimum atomic E-state index is -0.961. The van der Waals surface area contributed by atoms with Crippen LogP contribution in [0.5, 0.6) is 0 Å². The molecule has 1 N–H and O–H groups in total. The van der Waals surface area contributed by atoms with Crippen LogP contribution in [0.1, 0.15) is 37.6 Å². The molecule has 1 aromatic heterocycles. The molecule has 5 heteroatoms. The fraction of sp³-hybridized carbons (Fsp3) is 0.500. The Morgan fingerprint density at radius 2 is 2.24 bits per heavy atom. The fourth-order valence-corrected chi connectivity index (χ4v) is 3.35. The van der Waals surface area contributed by atoms with E-state index in [0.29, 0.717) is 18.9 Å². The number of hydrogen-bond acceptors (Lipinski definition) is 3. The predicted octanol–water partition coefficient (Wildman–Crippen LogP) is 3.24. The molecule has 21 heavy (non-hydrogen) atoms. The third-order valence-electron chi connectivity index (χ3n) is 3.96. The van der Waals surface area contributed by atoms with Gasteiger partial charge in [-0.25, -0.2) is 4.79 Å². The van der Waals surface area contributed by atoms with E-state index in [4.69, 9.17) is 5.11 Å². The molecule has 0 aliphatic carbocycles. The summed E-state index contributed by atoms with van der Waals surface area (Å²) in [6, 6.07) is 1.89. The zero-order valence-electron chi connectivity index (χ0n) is 12.6. The molecule has 0 radical (unpaired) electrons. The van der Waals surface area contributed by atoms with Crippen LogP contribution in [-0.4, -0.2) is 28.4 Å². The Morgan fingerprint density at radius 3 is 2.81 bits per heavy atom. The highest BCUT2D eigenvalue weighted by Crippen LogP contribution is 2.35. The van der Waals surface area contributed by atoms with Gasteiger partial charge in [-0.05, 0) is 34.4 Å². The van der Waals surface area contributed by atoms with Crippen LogP contribution < -0.4 is 0 Å². The summed E-state index contributed by atoms with van der Waals surface area (Å²) in [6.45, 7) is 7.85. The SMILES string of the molecule is CC(C)(C)C1CC(=O)N(Cc2sccc2/C=C/C(=O)O)C1. The Balaban J connectivity index is 2.08. The average Bonchev–Trinajstić information content (AvgIpc) is 2.94. The van der Waals surface area contributed by atoms with Gasteiger partial charge in [0.15, 0.2) is 0 Å². The Bertz CT molecular complexity index is 568. The van der Waals surface area contributed by atoms with Crippen LogP contribution >= 0.6 is 11.3 Å². The largest absolute Gasteiger partial charge is 0.478 e. The minimum Gasteiger partial charge on any atom is -0.478 e. The molecule has 4 nitrogen and oxygen atoms in total. The van der Waals surface area contributed by atoms with Crippen molar-refractivity contribution in [3.05, 3.63) is 28.0 Å². The number of likely N-dealkylation sites (tertiary alicyclic amines) is 1. The zero-order valence-corrected chi connectivity index (χ0v) is 13.4. The highest BCUT2D eigenvalue weighted by Gasteiger charge is 2.36. The van der Waals surface area contributed by atoms with E-state index in [1.165, 1.54) is 0 Å². The van der Waals surface area contributed by atoms with Crippen molar-refractivity contribution in [3.63, 3.8) is 0 Å². The van der Waals surface area contributed by atoms with Crippen LogP contribution in [0.15, 0.2) is 17.5 Å². The van der Waals surface area contributed by atoms with E-state index in [1.54, 1.807) is 17.4 Å². The third-order valence-corrected chi connectivity index (χ3v) is 4.88. The maximum absolute atomic E-state index is 12.2. The summed E-state index contributed by atoms with van der Waals surface area (Å²) in [5, 5.41) is 10.6. The van der Waals surface area contributed by atoms with Crippen LogP contribution in [0.2, 0.25) is 0 Å². The van der Waals surface area contributed by atoms with Crippen molar-refractivity contribution in [2.75, 3.05) is 6.54 Å². The van der Waals surface area contributed by atoms with Gasteiger partial charge in [0.25, 0.3) is 0 Å². The topological polar surface area (TPSA) is 57.6 Å². The first-order chi connectivity index (χ1) is 9.77. The highest BCUT2D eigenvalue weighted by atomic mass is 32.1. The molecule has 1 aromatic rings. The van der Waals surface area contributed by atoms with Gasteiger partial charge in [-0.3, -0.25) is 4.79 Å². The van der Waals surface area contributed by atoms with Crippen molar-refractivity contribution in [1.82, 2.24) is 4.90 Å². The van der Waals surface area contributed by atoms with Crippen molar-refractivity contribution >= 4 is 29.3 Å². The normalized spacial score (nSPS) is 19.7. The molecule has 2 rings (SSSR count). The Labute approximate surface area is 129 Å². The van der Waals surface area contributed by atoms with Gasteiger partial charge in [0, 0.05) is 23.9 Å². The summed E-state index contributed by atoms with van der Waals surface area (Å²) in [6.07, 6.45) is 3.33. The van der Waals surface area contributed by atoms with Crippen molar-refractivity contribution in [2.45, 2.75) is 33.7 Å². The first-order valence-corrected chi connectivity index (χ1v) is 7.90. The number of hydrogen-bond donors (Lipinski definition) is 1. The second-order valence-corrected chi connectivity index (χ2v) is 7.51. The van der Waals surface area contributed by atoms with Gasteiger partial charge in [0.1, 0.15) is 0 Å². The second-order valence-electron chi connectivity index (χ2n) is 6.51. The van der Waals surface area contributed by atoms with E-state index in [-0.39, 0.29) is 11.3 Å². The molecule has 0 spiro atoms. The number of thiophene rings is 1. The molecule has 1 unspecified atom stereocenters. The van der Waals surface area contributed by atoms with E-state index in [9.17, 15) is 9.59 Å². The van der Waals surface area contributed by atoms with E-state index >= 15 is 0 Å². The third kappa shape index (κ3) is 3.94. The van der Waals surface area contributed by atoms with Crippen molar-refractivity contribution in [3.8, 4) is 0 Å².